The zero-order valence-corrected chi connectivity index (χ0v) is 16.5. The summed E-state index contributed by atoms with van der Waals surface area (Å²) in [6.45, 7) is 1.92. The fraction of sp³-hybridized carbons (Fsp3) is 0.526. The Hall–Kier alpha value is -2.02. The summed E-state index contributed by atoms with van der Waals surface area (Å²) in [7, 11) is 0.891. The van der Waals surface area contributed by atoms with Crippen molar-refractivity contribution in [2.75, 3.05) is 44.2 Å². The molecule has 1 unspecified atom stereocenters. The molecule has 0 spiro atoms. The van der Waals surface area contributed by atoms with Crippen LogP contribution in [0.1, 0.15) is 19.3 Å². The maximum atomic E-state index is 11.6. The van der Waals surface area contributed by atoms with Crippen molar-refractivity contribution in [1.82, 2.24) is 4.98 Å². The molecule has 3 rings (SSSR count). The van der Waals surface area contributed by atoms with Gasteiger partial charge in [0.25, 0.3) is 0 Å². The molecule has 1 fully saturated rings. The number of fused-ring (bicyclic) bond motifs is 1. The van der Waals surface area contributed by atoms with Gasteiger partial charge in [-0.2, -0.15) is 0 Å². The van der Waals surface area contributed by atoms with E-state index in [1.165, 1.54) is 6.26 Å². The molecule has 1 saturated heterocycles. The summed E-state index contributed by atoms with van der Waals surface area (Å²) in [5.41, 5.74) is 2.05. The van der Waals surface area contributed by atoms with Gasteiger partial charge in [0, 0.05) is 58.2 Å². The number of nitrogens with one attached hydrogen (secondary N) is 1. The highest BCUT2D eigenvalue weighted by molar-refractivity contribution is 7.91. The number of nitrogens with zero attached hydrogens (tertiary/aromatic N) is 2. The molecule has 0 amide bonds. The highest BCUT2D eigenvalue weighted by Gasteiger charge is 2.22. The average Bonchev–Trinajstić information content (AvgIpc) is 2.64. The molecule has 6 nitrogen and oxygen atoms in total. The Morgan fingerprint density at radius 3 is 2.50 bits per heavy atom. The quantitative estimate of drug-likeness (QED) is 0.833. The summed E-state index contributed by atoms with van der Waals surface area (Å²) in [5.74, 6) is 2.45. The van der Waals surface area contributed by atoms with Crippen LogP contribution in [0.2, 0.25) is 0 Å². The van der Waals surface area contributed by atoms with Gasteiger partial charge in [0.2, 0.25) is 0 Å². The Labute approximate surface area is 155 Å². The van der Waals surface area contributed by atoms with E-state index in [9.17, 15) is 4.21 Å². The number of aromatic nitrogens is 1. The van der Waals surface area contributed by atoms with Gasteiger partial charge in [-0.05, 0) is 37.3 Å². The number of hydrogen-bond donors (Lipinski definition) is 1. The maximum absolute atomic E-state index is 11.6. The van der Waals surface area contributed by atoms with Gasteiger partial charge in [0.15, 0.2) is 11.5 Å². The molecule has 0 aliphatic carbocycles. The molecular weight excluding hydrogens is 350 g/mol. The van der Waals surface area contributed by atoms with Crippen LogP contribution in [0.15, 0.2) is 24.4 Å². The van der Waals surface area contributed by atoms with Crippen LogP contribution >= 0.6 is 0 Å². The van der Waals surface area contributed by atoms with Crippen LogP contribution in [0, 0.1) is 10.7 Å². The number of rotatable bonds is 6. The summed E-state index contributed by atoms with van der Waals surface area (Å²) in [5, 5.41) is 1.06. The summed E-state index contributed by atoms with van der Waals surface area (Å²) < 4.78 is 30.0. The predicted octanol–water partition coefficient (Wildman–Crippen LogP) is 3.54. The lowest BCUT2D eigenvalue weighted by Crippen LogP contribution is -2.34. The van der Waals surface area contributed by atoms with Crippen LogP contribution in [0.25, 0.3) is 10.9 Å². The van der Waals surface area contributed by atoms with Crippen molar-refractivity contribution in [3.63, 3.8) is 0 Å². The second-order valence-corrected chi connectivity index (χ2v) is 9.40. The van der Waals surface area contributed by atoms with Gasteiger partial charge < -0.3 is 14.4 Å². The van der Waals surface area contributed by atoms with E-state index in [4.69, 9.17) is 14.3 Å². The zero-order valence-electron chi connectivity index (χ0n) is 15.7. The van der Waals surface area contributed by atoms with E-state index >= 15 is 0 Å². The smallest absolute Gasteiger partial charge is 0.162 e. The molecule has 1 aliphatic rings. The molecule has 1 N–H and O–H groups in total. The molecule has 1 aliphatic heterocycles. The number of benzene rings is 1. The Morgan fingerprint density at radius 2 is 1.88 bits per heavy atom. The van der Waals surface area contributed by atoms with Crippen LogP contribution in [-0.4, -0.2) is 48.5 Å². The van der Waals surface area contributed by atoms with Crippen molar-refractivity contribution in [2.24, 2.45) is 5.92 Å². The van der Waals surface area contributed by atoms with Gasteiger partial charge in [-0.15, -0.1) is 0 Å². The molecule has 2 heterocycles. The van der Waals surface area contributed by atoms with E-state index in [2.05, 4.69) is 16.0 Å². The lowest BCUT2D eigenvalue weighted by molar-refractivity contribution is 0.355. The zero-order chi connectivity index (χ0) is 18.7. The van der Waals surface area contributed by atoms with Crippen molar-refractivity contribution in [2.45, 2.75) is 19.3 Å². The molecule has 1 atom stereocenters. The normalized spacial score (nSPS) is 17.9. The average molecular weight is 378 g/mol. The largest absolute Gasteiger partial charge is 0.493 e. The summed E-state index contributed by atoms with van der Waals surface area (Å²) in [4.78, 5) is 6.86. The van der Waals surface area contributed by atoms with E-state index in [1.807, 2.05) is 18.3 Å². The first-order valence-electron chi connectivity index (χ1n) is 8.88. The molecule has 0 radical (unpaired) electrons. The number of ether oxygens (including phenoxy) is 2. The summed E-state index contributed by atoms with van der Waals surface area (Å²) in [6.07, 6.45) is 6.38. The first kappa shape index (κ1) is 18.8. The van der Waals surface area contributed by atoms with E-state index in [0.717, 1.165) is 48.9 Å². The van der Waals surface area contributed by atoms with Gasteiger partial charge in [0.1, 0.15) is 0 Å². The van der Waals surface area contributed by atoms with Crippen molar-refractivity contribution in [3.05, 3.63) is 24.4 Å². The van der Waals surface area contributed by atoms with Crippen LogP contribution in [0.3, 0.4) is 0 Å². The Morgan fingerprint density at radius 1 is 1.23 bits per heavy atom. The first-order chi connectivity index (χ1) is 12.4. The molecule has 1 aromatic heterocycles. The van der Waals surface area contributed by atoms with Gasteiger partial charge in [-0.3, -0.25) is 14.0 Å². The number of anilines is 1. The van der Waals surface area contributed by atoms with Gasteiger partial charge in [0.05, 0.1) is 19.7 Å². The topological polar surface area (TPSA) is 75.5 Å². The number of pyridine rings is 1. The Kier molecular flexibility index (Phi) is 5.55. The highest BCUT2D eigenvalue weighted by Crippen LogP contribution is 2.37. The van der Waals surface area contributed by atoms with Gasteiger partial charge in [-0.1, -0.05) is 0 Å². The minimum atomic E-state index is -2.38. The molecule has 142 valence electrons. The third kappa shape index (κ3) is 4.20. The van der Waals surface area contributed by atoms with Crippen molar-refractivity contribution < 1.29 is 13.7 Å². The predicted molar refractivity (Wildman–Crippen MR) is 106 cm³/mol. The minimum absolute atomic E-state index is 0.507. The van der Waals surface area contributed by atoms with Crippen LogP contribution in [-0.2, 0) is 9.73 Å². The molecule has 0 bridgehead atoms. The molecular formula is C19H27N3O3S. The maximum Gasteiger partial charge on any atom is 0.162 e. The van der Waals surface area contributed by atoms with Crippen molar-refractivity contribution in [3.8, 4) is 11.5 Å². The van der Waals surface area contributed by atoms with Crippen molar-refractivity contribution >= 4 is 26.3 Å². The summed E-state index contributed by atoms with van der Waals surface area (Å²) in [6, 6.07) is 5.96. The Balaban J connectivity index is 1.79. The monoisotopic (exact) mass is 377 g/mol. The third-order valence-electron chi connectivity index (χ3n) is 5.09. The van der Waals surface area contributed by atoms with Crippen LogP contribution in [0.4, 0.5) is 5.69 Å². The number of piperidine rings is 1. The fourth-order valence-electron chi connectivity index (χ4n) is 3.59. The summed E-state index contributed by atoms with van der Waals surface area (Å²) >= 11 is 0. The molecule has 26 heavy (non-hydrogen) atoms. The van der Waals surface area contributed by atoms with E-state index < -0.39 is 9.73 Å². The fourth-order valence-corrected chi connectivity index (χ4v) is 4.37. The van der Waals surface area contributed by atoms with E-state index in [-0.39, 0.29) is 0 Å². The number of hydrogen-bond acceptors (Lipinski definition) is 6. The lowest BCUT2D eigenvalue weighted by atomic mass is 9.94. The highest BCUT2D eigenvalue weighted by atomic mass is 32.2. The van der Waals surface area contributed by atoms with E-state index in [1.54, 1.807) is 14.2 Å². The lowest BCUT2D eigenvalue weighted by Gasteiger charge is -2.34. The second-order valence-electron chi connectivity index (χ2n) is 6.98. The standard InChI is InChI=1S/C19H27N3O3S/c1-24-18-12-15-16(13-19(18)25-2)21-8-4-17(15)22-9-5-14(6-10-22)7-11-26(3,20)23/h4,8,12-14,20H,5-7,9-11H2,1-3H3. The van der Waals surface area contributed by atoms with Gasteiger partial charge in [-0.25, -0.2) is 0 Å². The molecule has 0 saturated carbocycles. The molecule has 2 aromatic rings. The SMILES string of the molecule is COc1cc2nccc(N3CCC(CCS(C)(=N)=O)CC3)c2cc1OC. The van der Waals surface area contributed by atoms with Crippen LogP contribution < -0.4 is 14.4 Å². The minimum Gasteiger partial charge on any atom is -0.493 e. The van der Waals surface area contributed by atoms with Crippen LogP contribution in [0.5, 0.6) is 11.5 Å². The Bertz CT molecular complexity index is 875. The molecule has 1 aromatic carbocycles. The third-order valence-corrected chi connectivity index (χ3v) is 6.11. The van der Waals surface area contributed by atoms with Crippen molar-refractivity contribution in [1.29, 1.82) is 4.78 Å². The first-order valence-corrected chi connectivity index (χ1v) is 11.0. The van der Waals surface area contributed by atoms with E-state index in [0.29, 0.717) is 23.2 Å². The molecule has 7 heteroatoms. The van der Waals surface area contributed by atoms with Gasteiger partial charge >= 0.3 is 0 Å². The second kappa shape index (κ2) is 7.70. The number of methoxy groups -OCH3 is 2.